The molecule has 2 nitrogen and oxygen atoms in total. The minimum atomic E-state index is -2.37. The topological polar surface area (TPSA) is 15.3 Å². The van der Waals surface area contributed by atoms with Crippen LogP contribution < -0.4 is 5.32 Å². The number of alkyl halides is 2. The molecule has 1 atom stereocenters. The van der Waals surface area contributed by atoms with E-state index in [-0.39, 0.29) is 5.56 Å². The molecule has 94 valence electrons. The van der Waals surface area contributed by atoms with Crippen LogP contribution in [0.25, 0.3) is 0 Å². The van der Waals surface area contributed by atoms with Crippen LogP contribution in [-0.4, -0.2) is 30.6 Å². The van der Waals surface area contributed by atoms with Gasteiger partial charge in [-0.05, 0) is 12.5 Å². The van der Waals surface area contributed by atoms with E-state index in [9.17, 15) is 8.78 Å². The Morgan fingerprint density at radius 1 is 1.35 bits per heavy atom. The zero-order valence-electron chi connectivity index (χ0n) is 10.00. The molecular weight excluding hydrogens is 222 g/mol. The first-order chi connectivity index (χ1) is 8.15. The fourth-order valence-electron chi connectivity index (χ4n) is 2.18. The molecule has 0 spiro atoms. The van der Waals surface area contributed by atoms with Crippen molar-refractivity contribution in [1.82, 2.24) is 10.2 Å². The molecule has 1 aromatic carbocycles. The fraction of sp³-hybridized carbons (Fsp3) is 0.538. The van der Waals surface area contributed by atoms with E-state index in [4.69, 9.17) is 0 Å². The van der Waals surface area contributed by atoms with Gasteiger partial charge >= 0.3 is 0 Å². The summed E-state index contributed by atoms with van der Waals surface area (Å²) in [6, 6.07) is 7.14. The number of benzene rings is 1. The Morgan fingerprint density at radius 3 is 2.65 bits per heavy atom. The second kappa shape index (κ2) is 5.56. The van der Waals surface area contributed by atoms with Gasteiger partial charge in [-0.3, -0.25) is 4.90 Å². The van der Waals surface area contributed by atoms with E-state index in [0.29, 0.717) is 6.04 Å². The first-order valence-corrected chi connectivity index (χ1v) is 5.98. The molecule has 0 unspecified atom stereocenters. The number of hydrogen-bond acceptors (Lipinski definition) is 2. The summed E-state index contributed by atoms with van der Waals surface area (Å²) in [6.07, 6.45) is -2.37. The normalized spacial score (nSPS) is 22.0. The SMILES string of the molecule is C[C@@H]1CN(Cc2ccc(C(F)F)cc2)CCN1. The van der Waals surface area contributed by atoms with Crippen LogP contribution in [0.15, 0.2) is 24.3 Å². The van der Waals surface area contributed by atoms with Crippen molar-refractivity contribution >= 4 is 0 Å². The van der Waals surface area contributed by atoms with Gasteiger partial charge in [0.15, 0.2) is 0 Å². The molecule has 0 saturated carbocycles. The van der Waals surface area contributed by atoms with Gasteiger partial charge in [0.2, 0.25) is 0 Å². The summed E-state index contributed by atoms with van der Waals surface area (Å²) >= 11 is 0. The maximum Gasteiger partial charge on any atom is 0.263 e. The molecule has 0 bridgehead atoms. The Bertz CT molecular complexity index is 351. The minimum Gasteiger partial charge on any atom is -0.312 e. The predicted molar refractivity (Wildman–Crippen MR) is 64.1 cm³/mol. The molecule has 0 aromatic heterocycles. The van der Waals surface area contributed by atoms with Gasteiger partial charge < -0.3 is 5.32 Å². The lowest BCUT2D eigenvalue weighted by molar-refractivity contribution is 0.151. The van der Waals surface area contributed by atoms with Crippen molar-refractivity contribution in [2.24, 2.45) is 0 Å². The smallest absolute Gasteiger partial charge is 0.263 e. The van der Waals surface area contributed by atoms with Gasteiger partial charge in [0.05, 0.1) is 0 Å². The molecule has 17 heavy (non-hydrogen) atoms. The number of rotatable bonds is 3. The molecule has 4 heteroatoms. The van der Waals surface area contributed by atoms with Crippen LogP contribution in [-0.2, 0) is 6.54 Å². The van der Waals surface area contributed by atoms with Gasteiger partial charge in [-0.25, -0.2) is 8.78 Å². The molecule has 1 aliphatic heterocycles. The Labute approximate surface area is 101 Å². The summed E-state index contributed by atoms with van der Waals surface area (Å²) in [6.45, 7) is 6.02. The Hall–Kier alpha value is -1.00. The zero-order chi connectivity index (χ0) is 12.3. The number of nitrogens with zero attached hydrogens (tertiary/aromatic N) is 1. The first kappa shape index (κ1) is 12.5. The molecular formula is C13H18F2N2. The third kappa shape index (κ3) is 3.48. The van der Waals surface area contributed by atoms with Crippen LogP contribution in [0.3, 0.4) is 0 Å². The highest BCUT2D eigenvalue weighted by Gasteiger charge is 2.15. The Kier molecular flexibility index (Phi) is 4.07. The molecule has 1 N–H and O–H groups in total. The van der Waals surface area contributed by atoms with E-state index in [1.165, 1.54) is 12.1 Å². The van der Waals surface area contributed by atoms with Gasteiger partial charge in [0.1, 0.15) is 0 Å². The second-order valence-corrected chi connectivity index (χ2v) is 4.63. The van der Waals surface area contributed by atoms with Crippen LogP contribution in [0.5, 0.6) is 0 Å². The molecule has 1 heterocycles. The Morgan fingerprint density at radius 2 is 2.06 bits per heavy atom. The average Bonchev–Trinajstić information content (AvgIpc) is 2.29. The quantitative estimate of drug-likeness (QED) is 0.873. The highest BCUT2D eigenvalue weighted by molar-refractivity contribution is 5.23. The van der Waals surface area contributed by atoms with E-state index in [1.54, 1.807) is 12.1 Å². The van der Waals surface area contributed by atoms with E-state index >= 15 is 0 Å². The van der Waals surface area contributed by atoms with Crippen molar-refractivity contribution in [1.29, 1.82) is 0 Å². The van der Waals surface area contributed by atoms with E-state index in [1.807, 2.05) is 0 Å². The van der Waals surface area contributed by atoms with Gasteiger partial charge in [-0.1, -0.05) is 24.3 Å². The molecule has 1 aromatic rings. The summed E-state index contributed by atoms with van der Waals surface area (Å²) < 4.78 is 24.8. The third-order valence-corrected chi connectivity index (χ3v) is 3.09. The fourth-order valence-corrected chi connectivity index (χ4v) is 2.18. The van der Waals surface area contributed by atoms with Crippen molar-refractivity contribution in [2.75, 3.05) is 19.6 Å². The molecule has 0 amide bonds. The van der Waals surface area contributed by atoms with E-state index < -0.39 is 6.43 Å². The van der Waals surface area contributed by atoms with Crippen LogP contribution in [0, 0.1) is 0 Å². The highest BCUT2D eigenvalue weighted by Crippen LogP contribution is 2.19. The lowest BCUT2D eigenvalue weighted by Gasteiger charge is -2.31. The van der Waals surface area contributed by atoms with Crippen molar-refractivity contribution in [3.05, 3.63) is 35.4 Å². The second-order valence-electron chi connectivity index (χ2n) is 4.63. The summed E-state index contributed by atoms with van der Waals surface area (Å²) in [5.41, 5.74) is 1.20. The summed E-state index contributed by atoms with van der Waals surface area (Å²) in [5.74, 6) is 0. The van der Waals surface area contributed by atoms with E-state index in [2.05, 4.69) is 17.1 Å². The van der Waals surface area contributed by atoms with Crippen molar-refractivity contribution in [3.8, 4) is 0 Å². The molecule has 2 rings (SSSR count). The van der Waals surface area contributed by atoms with Crippen molar-refractivity contribution < 1.29 is 8.78 Å². The van der Waals surface area contributed by atoms with Crippen molar-refractivity contribution in [3.63, 3.8) is 0 Å². The number of piperazine rings is 1. The molecule has 1 fully saturated rings. The third-order valence-electron chi connectivity index (χ3n) is 3.09. The maximum absolute atomic E-state index is 12.4. The lowest BCUT2D eigenvalue weighted by atomic mass is 10.1. The zero-order valence-corrected chi connectivity index (χ0v) is 10.00. The van der Waals surface area contributed by atoms with Gasteiger partial charge in [0, 0.05) is 37.8 Å². The van der Waals surface area contributed by atoms with Crippen LogP contribution in [0.4, 0.5) is 8.78 Å². The lowest BCUT2D eigenvalue weighted by Crippen LogP contribution is -2.48. The van der Waals surface area contributed by atoms with E-state index in [0.717, 1.165) is 31.7 Å². The molecule has 0 aliphatic carbocycles. The van der Waals surface area contributed by atoms with Crippen LogP contribution >= 0.6 is 0 Å². The maximum atomic E-state index is 12.4. The summed E-state index contributed by atoms with van der Waals surface area (Å²) in [7, 11) is 0. The van der Waals surface area contributed by atoms with Crippen LogP contribution in [0.1, 0.15) is 24.5 Å². The predicted octanol–water partition coefficient (Wildman–Crippen LogP) is 2.42. The van der Waals surface area contributed by atoms with Crippen molar-refractivity contribution in [2.45, 2.75) is 25.9 Å². The largest absolute Gasteiger partial charge is 0.312 e. The van der Waals surface area contributed by atoms with Gasteiger partial charge in [-0.15, -0.1) is 0 Å². The standard InChI is InChI=1S/C13H18F2N2/c1-10-8-17(7-6-16-10)9-11-2-4-12(5-3-11)13(14)15/h2-5,10,13,16H,6-9H2,1H3/t10-/m1/s1. The molecule has 0 radical (unpaired) electrons. The summed E-state index contributed by atoms with van der Waals surface area (Å²) in [5, 5.41) is 3.38. The number of halogens is 2. The van der Waals surface area contributed by atoms with Crippen LogP contribution in [0.2, 0.25) is 0 Å². The summed E-state index contributed by atoms with van der Waals surface area (Å²) in [4.78, 5) is 2.35. The molecule has 1 aliphatic rings. The number of nitrogens with one attached hydrogen (secondary N) is 1. The Balaban J connectivity index is 1.94. The first-order valence-electron chi connectivity index (χ1n) is 5.98. The van der Waals surface area contributed by atoms with Gasteiger partial charge in [-0.2, -0.15) is 0 Å². The van der Waals surface area contributed by atoms with Gasteiger partial charge in [0.25, 0.3) is 6.43 Å². The average molecular weight is 240 g/mol. The highest BCUT2D eigenvalue weighted by atomic mass is 19.3. The molecule has 1 saturated heterocycles. The number of hydrogen-bond donors (Lipinski definition) is 1. The monoisotopic (exact) mass is 240 g/mol. The minimum absolute atomic E-state index is 0.0995.